The van der Waals surface area contributed by atoms with Crippen molar-refractivity contribution in [3.05, 3.63) is 23.5 Å². The molecule has 0 saturated carbocycles. The first-order chi connectivity index (χ1) is 8.91. The van der Waals surface area contributed by atoms with Gasteiger partial charge in [0.15, 0.2) is 0 Å². The second-order valence-electron chi connectivity index (χ2n) is 4.66. The molecule has 0 aliphatic rings. The van der Waals surface area contributed by atoms with Crippen LogP contribution in [0.5, 0.6) is 0 Å². The molecule has 4 N–H and O–H groups in total. The summed E-state index contributed by atoms with van der Waals surface area (Å²) < 4.78 is 13.5. The summed E-state index contributed by atoms with van der Waals surface area (Å²) in [5.41, 5.74) is 5.96. The van der Waals surface area contributed by atoms with Crippen molar-refractivity contribution in [3.63, 3.8) is 0 Å². The molecule has 0 fully saturated rings. The van der Waals surface area contributed by atoms with Crippen LogP contribution in [0.3, 0.4) is 0 Å². The van der Waals surface area contributed by atoms with E-state index in [1.165, 1.54) is 0 Å². The normalized spacial score (nSPS) is 10.7. The van der Waals surface area contributed by atoms with E-state index in [0.29, 0.717) is 12.2 Å². The lowest BCUT2D eigenvalue weighted by molar-refractivity contribution is 0.0692. The molecule has 0 radical (unpaired) electrons. The Bertz CT molecular complexity index is 450. The smallest absolute Gasteiger partial charge is 0.338 e. The van der Waals surface area contributed by atoms with E-state index < -0.39 is 17.3 Å². The van der Waals surface area contributed by atoms with Gasteiger partial charge >= 0.3 is 5.97 Å². The van der Waals surface area contributed by atoms with Crippen LogP contribution in [0.4, 0.5) is 15.8 Å². The first-order valence-electron chi connectivity index (χ1n) is 6.12. The Kier molecular flexibility index (Phi) is 5.57. The number of halogens is 1. The number of hydrogen-bond donors (Lipinski definition) is 3. The Labute approximate surface area is 112 Å². The molecule has 1 rings (SSSR count). The molecule has 0 atom stereocenters. The van der Waals surface area contributed by atoms with Gasteiger partial charge in [0.25, 0.3) is 0 Å². The maximum absolute atomic E-state index is 13.5. The van der Waals surface area contributed by atoms with Gasteiger partial charge in [-0.05, 0) is 45.6 Å². The summed E-state index contributed by atoms with van der Waals surface area (Å²) in [5, 5.41) is 11.8. The van der Waals surface area contributed by atoms with Gasteiger partial charge in [0, 0.05) is 6.54 Å². The quantitative estimate of drug-likeness (QED) is 0.520. The first-order valence-corrected chi connectivity index (χ1v) is 6.12. The number of benzene rings is 1. The summed E-state index contributed by atoms with van der Waals surface area (Å²) in [5.74, 6) is -2.10. The number of nitrogens with one attached hydrogen (secondary N) is 1. The SMILES string of the molecule is CN(C)CCCCNc1cc(F)c(C(=O)O)cc1N. The van der Waals surface area contributed by atoms with Crippen LogP contribution in [0.2, 0.25) is 0 Å². The number of rotatable bonds is 7. The number of nitrogens with two attached hydrogens (primary N) is 1. The number of carboxylic acids is 1. The second-order valence-corrected chi connectivity index (χ2v) is 4.66. The Morgan fingerprint density at radius 1 is 1.42 bits per heavy atom. The molecular formula is C13H20FN3O2. The number of aromatic carboxylic acids is 1. The zero-order chi connectivity index (χ0) is 14.4. The molecule has 0 aliphatic carbocycles. The van der Waals surface area contributed by atoms with E-state index in [1.54, 1.807) is 0 Å². The standard InChI is InChI=1S/C13H20FN3O2/c1-17(2)6-4-3-5-16-12-8-10(14)9(13(18)19)7-11(12)15/h7-8,16H,3-6,15H2,1-2H3,(H,18,19). The van der Waals surface area contributed by atoms with Crippen LogP contribution < -0.4 is 11.1 Å². The van der Waals surface area contributed by atoms with Gasteiger partial charge < -0.3 is 21.1 Å². The van der Waals surface area contributed by atoms with Crippen molar-refractivity contribution in [1.29, 1.82) is 0 Å². The van der Waals surface area contributed by atoms with Crippen LogP contribution in [0.15, 0.2) is 12.1 Å². The molecule has 19 heavy (non-hydrogen) atoms. The lowest BCUT2D eigenvalue weighted by Gasteiger charge is -2.12. The summed E-state index contributed by atoms with van der Waals surface area (Å²) >= 11 is 0. The van der Waals surface area contributed by atoms with Crippen LogP contribution in [0.1, 0.15) is 23.2 Å². The molecule has 0 bridgehead atoms. The van der Waals surface area contributed by atoms with Crippen molar-refractivity contribution in [2.45, 2.75) is 12.8 Å². The molecule has 0 aromatic heterocycles. The number of nitrogens with zero attached hydrogens (tertiary/aromatic N) is 1. The van der Waals surface area contributed by atoms with E-state index in [-0.39, 0.29) is 5.69 Å². The highest BCUT2D eigenvalue weighted by Gasteiger charge is 2.13. The van der Waals surface area contributed by atoms with Gasteiger partial charge in [0.1, 0.15) is 5.82 Å². The number of carboxylic acid groups (broad SMARTS) is 1. The third-order valence-electron chi connectivity index (χ3n) is 2.72. The fraction of sp³-hybridized carbons (Fsp3) is 0.462. The number of unbranched alkanes of at least 4 members (excludes halogenated alkanes) is 1. The average molecular weight is 269 g/mol. The van der Waals surface area contributed by atoms with E-state index in [4.69, 9.17) is 10.8 Å². The third kappa shape index (κ3) is 4.75. The molecule has 6 heteroatoms. The molecule has 0 heterocycles. The zero-order valence-corrected chi connectivity index (χ0v) is 11.2. The van der Waals surface area contributed by atoms with Gasteiger partial charge in [-0.1, -0.05) is 0 Å². The van der Waals surface area contributed by atoms with Crippen molar-refractivity contribution < 1.29 is 14.3 Å². The molecule has 5 nitrogen and oxygen atoms in total. The summed E-state index contributed by atoms with van der Waals surface area (Å²) in [6.07, 6.45) is 1.95. The van der Waals surface area contributed by atoms with Gasteiger partial charge in [-0.15, -0.1) is 0 Å². The Morgan fingerprint density at radius 2 is 2.11 bits per heavy atom. The minimum Gasteiger partial charge on any atom is -0.478 e. The molecule has 1 aromatic rings. The summed E-state index contributed by atoms with van der Waals surface area (Å²) in [7, 11) is 4.01. The predicted molar refractivity (Wildman–Crippen MR) is 74.0 cm³/mol. The van der Waals surface area contributed by atoms with Gasteiger partial charge in [-0.3, -0.25) is 0 Å². The van der Waals surface area contributed by atoms with Crippen LogP contribution >= 0.6 is 0 Å². The highest BCUT2D eigenvalue weighted by atomic mass is 19.1. The molecule has 1 aromatic carbocycles. The fourth-order valence-corrected chi connectivity index (χ4v) is 1.68. The topological polar surface area (TPSA) is 78.6 Å². The molecular weight excluding hydrogens is 249 g/mol. The Balaban J connectivity index is 2.55. The summed E-state index contributed by atoms with van der Waals surface area (Å²) in [6.45, 7) is 1.66. The number of anilines is 2. The van der Waals surface area contributed by atoms with Crippen LogP contribution in [-0.4, -0.2) is 43.2 Å². The van der Waals surface area contributed by atoms with Gasteiger partial charge in [0.2, 0.25) is 0 Å². The average Bonchev–Trinajstić information content (AvgIpc) is 2.31. The molecule has 0 aliphatic heterocycles. The Hall–Kier alpha value is -1.82. The van der Waals surface area contributed by atoms with Crippen LogP contribution in [0.25, 0.3) is 0 Å². The third-order valence-corrected chi connectivity index (χ3v) is 2.72. The minimum absolute atomic E-state index is 0.242. The summed E-state index contributed by atoms with van der Waals surface area (Å²) in [4.78, 5) is 12.8. The van der Waals surface area contributed by atoms with E-state index in [0.717, 1.165) is 31.5 Å². The second kappa shape index (κ2) is 6.94. The zero-order valence-electron chi connectivity index (χ0n) is 11.2. The highest BCUT2D eigenvalue weighted by Crippen LogP contribution is 2.23. The molecule has 0 saturated heterocycles. The maximum Gasteiger partial charge on any atom is 0.338 e. The monoisotopic (exact) mass is 269 g/mol. The van der Waals surface area contributed by atoms with Gasteiger partial charge in [-0.25, -0.2) is 9.18 Å². The number of hydrogen-bond acceptors (Lipinski definition) is 4. The van der Waals surface area contributed by atoms with Crippen molar-refractivity contribution in [2.24, 2.45) is 0 Å². The van der Waals surface area contributed by atoms with Crippen LogP contribution in [0, 0.1) is 5.82 Å². The van der Waals surface area contributed by atoms with Crippen molar-refractivity contribution in [1.82, 2.24) is 4.90 Å². The lowest BCUT2D eigenvalue weighted by Crippen LogP contribution is -2.14. The van der Waals surface area contributed by atoms with E-state index in [9.17, 15) is 9.18 Å². The fourth-order valence-electron chi connectivity index (χ4n) is 1.68. The predicted octanol–water partition coefficient (Wildman–Crippen LogP) is 1.86. The van der Waals surface area contributed by atoms with E-state index in [2.05, 4.69) is 10.2 Å². The lowest BCUT2D eigenvalue weighted by atomic mass is 10.1. The molecule has 106 valence electrons. The maximum atomic E-state index is 13.5. The van der Waals surface area contributed by atoms with Gasteiger partial charge in [-0.2, -0.15) is 0 Å². The number of carbonyl (C=O) groups is 1. The minimum atomic E-state index is -1.32. The summed E-state index contributed by atoms with van der Waals surface area (Å²) in [6, 6.07) is 2.27. The first kappa shape index (κ1) is 15.2. The van der Waals surface area contributed by atoms with E-state index >= 15 is 0 Å². The van der Waals surface area contributed by atoms with Crippen molar-refractivity contribution in [2.75, 3.05) is 38.2 Å². The Morgan fingerprint density at radius 3 is 2.68 bits per heavy atom. The molecule has 0 spiro atoms. The number of nitrogen functional groups attached to an aromatic ring is 1. The highest BCUT2D eigenvalue weighted by molar-refractivity contribution is 5.90. The van der Waals surface area contributed by atoms with Crippen LogP contribution in [-0.2, 0) is 0 Å². The molecule has 0 unspecified atom stereocenters. The van der Waals surface area contributed by atoms with Crippen molar-refractivity contribution >= 4 is 17.3 Å². The largest absolute Gasteiger partial charge is 0.478 e. The van der Waals surface area contributed by atoms with E-state index in [1.807, 2.05) is 14.1 Å². The van der Waals surface area contributed by atoms with Gasteiger partial charge in [0.05, 0.1) is 16.9 Å². The molecule has 0 amide bonds. The van der Waals surface area contributed by atoms with Crippen molar-refractivity contribution in [3.8, 4) is 0 Å².